The Kier molecular flexibility index (Phi) is 6.42. The van der Waals surface area contributed by atoms with Crippen molar-refractivity contribution in [2.75, 3.05) is 11.3 Å². The average Bonchev–Trinajstić information content (AvgIpc) is 3.25. The number of nitro groups is 1. The summed E-state index contributed by atoms with van der Waals surface area (Å²) in [4.78, 5) is 29.9. The molecule has 37 heavy (non-hydrogen) atoms. The molecule has 192 valence electrons. The Morgan fingerprint density at radius 3 is 2.51 bits per heavy atom. The fourth-order valence-corrected chi connectivity index (χ4v) is 5.78. The maximum Gasteiger partial charge on any atom is 0.269 e. The SMILES string of the molecule is NC(=O)c1nc(OCC2CCCCC2)cc2c1[nH]c1ccc(S(=O)(=O)Nc3ccc([N+](=O)[O-])cc3)cc12. The second-order valence-corrected chi connectivity index (χ2v) is 10.8. The number of sulfonamides is 1. The number of hydrogen-bond acceptors (Lipinski definition) is 7. The molecule has 2 aromatic heterocycles. The molecule has 4 aromatic rings. The number of H-pyrrole nitrogens is 1. The number of rotatable bonds is 8. The van der Waals surface area contributed by atoms with Gasteiger partial charge in [0, 0.05) is 40.2 Å². The van der Waals surface area contributed by atoms with Gasteiger partial charge >= 0.3 is 0 Å². The molecule has 5 rings (SSSR count). The molecule has 0 saturated heterocycles. The molecule has 0 aliphatic heterocycles. The van der Waals surface area contributed by atoms with Gasteiger partial charge in [0.15, 0.2) is 5.69 Å². The van der Waals surface area contributed by atoms with Crippen LogP contribution in [0.3, 0.4) is 0 Å². The number of primary amides is 1. The smallest absolute Gasteiger partial charge is 0.269 e. The van der Waals surface area contributed by atoms with E-state index in [1.54, 1.807) is 12.1 Å². The molecule has 1 aliphatic rings. The monoisotopic (exact) mass is 523 g/mol. The number of nitro benzene ring substituents is 1. The summed E-state index contributed by atoms with van der Waals surface area (Å²) in [7, 11) is -4.02. The lowest BCUT2D eigenvalue weighted by atomic mass is 9.90. The molecule has 0 bridgehead atoms. The Labute approximate surface area is 212 Å². The van der Waals surface area contributed by atoms with Crippen molar-refractivity contribution in [3.63, 3.8) is 0 Å². The summed E-state index contributed by atoms with van der Waals surface area (Å²) in [6.07, 6.45) is 5.73. The van der Waals surface area contributed by atoms with E-state index in [1.165, 1.54) is 55.7 Å². The van der Waals surface area contributed by atoms with Crippen LogP contribution in [0.4, 0.5) is 11.4 Å². The van der Waals surface area contributed by atoms with Crippen molar-refractivity contribution in [2.45, 2.75) is 37.0 Å². The summed E-state index contributed by atoms with van der Waals surface area (Å²) < 4.78 is 34.5. The number of ether oxygens (including phenoxy) is 1. The van der Waals surface area contributed by atoms with Crippen LogP contribution in [0.15, 0.2) is 53.4 Å². The fourth-order valence-electron chi connectivity index (χ4n) is 4.69. The van der Waals surface area contributed by atoms with E-state index in [0.29, 0.717) is 34.3 Å². The number of non-ortho nitro benzene ring substituents is 1. The van der Waals surface area contributed by atoms with Gasteiger partial charge in [-0.3, -0.25) is 19.6 Å². The number of benzene rings is 2. The van der Waals surface area contributed by atoms with Crippen LogP contribution in [0.2, 0.25) is 0 Å². The van der Waals surface area contributed by atoms with Crippen LogP contribution in [0.1, 0.15) is 42.6 Å². The van der Waals surface area contributed by atoms with E-state index in [9.17, 15) is 23.3 Å². The lowest BCUT2D eigenvalue weighted by molar-refractivity contribution is -0.384. The molecule has 0 spiro atoms. The number of amides is 1. The van der Waals surface area contributed by atoms with Crippen LogP contribution in [0.5, 0.6) is 5.88 Å². The highest BCUT2D eigenvalue weighted by Gasteiger charge is 2.21. The highest BCUT2D eigenvalue weighted by atomic mass is 32.2. The van der Waals surface area contributed by atoms with Gasteiger partial charge in [-0.15, -0.1) is 0 Å². The van der Waals surface area contributed by atoms with E-state index in [-0.39, 0.29) is 27.8 Å². The lowest BCUT2D eigenvalue weighted by Gasteiger charge is -2.21. The number of anilines is 1. The van der Waals surface area contributed by atoms with E-state index in [0.717, 1.165) is 12.8 Å². The van der Waals surface area contributed by atoms with Crippen LogP contribution in [-0.2, 0) is 10.0 Å². The molecule has 2 heterocycles. The lowest BCUT2D eigenvalue weighted by Crippen LogP contribution is -2.17. The average molecular weight is 524 g/mol. The summed E-state index contributed by atoms with van der Waals surface area (Å²) in [5.41, 5.74) is 6.64. The zero-order valence-electron chi connectivity index (χ0n) is 19.8. The van der Waals surface area contributed by atoms with Gasteiger partial charge in [0.05, 0.1) is 21.9 Å². The first-order valence-corrected chi connectivity index (χ1v) is 13.4. The zero-order chi connectivity index (χ0) is 26.2. The molecular formula is C25H25N5O6S. The van der Waals surface area contributed by atoms with Crippen LogP contribution in [0, 0.1) is 16.0 Å². The van der Waals surface area contributed by atoms with Crippen molar-refractivity contribution in [3.8, 4) is 5.88 Å². The number of aromatic nitrogens is 2. The van der Waals surface area contributed by atoms with Gasteiger partial charge in [0.1, 0.15) is 0 Å². The molecule has 4 N–H and O–H groups in total. The third kappa shape index (κ3) is 5.05. The van der Waals surface area contributed by atoms with Gasteiger partial charge < -0.3 is 15.5 Å². The molecule has 2 aromatic carbocycles. The van der Waals surface area contributed by atoms with Crippen molar-refractivity contribution in [1.82, 2.24) is 9.97 Å². The van der Waals surface area contributed by atoms with Crippen molar-refractivity contribution in [1.29, 1.82) is 0 Å². The van der Waals surface area contributed by atoms with Gasteiger partial charge in [-0.05, 0) is 49.1 Å². The maximum atomic E-state index is 13.1. The maximum absolute atomic E-state index is 13.1. The predicted molar refractivity (Wildman–Crippen MR) is 138 cm³/mol. The molecule has 0 radical (unpaired) electrons. The first-order valence-electron chi connectivity index (χ1n) is 11.9. The van der Waals surface area contributed by atoms with Gasteiger partial charge in [0.25, 0.3) is 21.6 Å². The van der Waals surface area contributed by atoms with E-state index >= 15 is 0 Å². The van der Waals surface area contributed by atoms with Gasteiger partial charge in [-0.2, -0.15) is 0 Å². The number of nitrogens with two attached hydrogens (primary N) is 1. The highest BCUT2D eigenvalue weighted by molar-refractivity contribution is 7.92. The summed E-state index contributed by atoms with van der Waals surface area (Å²) >= 11 is 0. The molecule has 1 aliphatic carbocycles. The van der Waals surface area contributed by atoms with Crippen LogP contribution >= 0.6 is 0 Å². The van der Waals surface area contributed by atoms with Gasteiger partial charge in [-0.1, -0.05) is 19.3 Å². The number of nitrogens with one attached hydrogen (secondary N) is 2. The molecule has 11 nitrogen and oxygen atoms in total. The van der Waals surface area contributed by atoms with Gasteiger partial charge in [-0.25, -0.2) is 13.4 Å². The standard InChI is InChI=1S/C25H25N5O6S/c26-25(31)24-23-20(13-22(28-24)36-14-15-4-2-1-3-5-15)19-12-18(10-11-21(19)27-23)37(34,35)29-16-6-8-17(9-7-16)30(32)33/h6-13,15,27,29H,1-5,14H2,(H2,26,31). The first kappa shape index (κ1) is 24.5. The van der Waals surface area contributed by atoms with Crippen molar-refractivity contribution >= 4 is 49.1 Å². The Balaban J connectivity index is 1.50. The third-order valence-corrected chi connectivity index (χ3v) is 7.98. The summed E-state index contributed by atoms with van der Waals surface area (Å²) in [5, 5.41) is 12.0. The second-order valence-electron chi connectivity index (χ2n) is 9.15. The predicted octanol–water partition coefficient (Wildman–Crippen LogP) is 4.48. The number of aromatic amines is 1. The molecule has 12 heteroatoms. The second kappa shape index (κ2) is 9.69. The zero-order valence-corrected chi connectivity index (χ0v) is 20.6. The minimum absolute atomic E-state index is 0.0146. The Bertz CT molecular complexity index is 1610. The Morgan fingerprint density at radius 1 is 1.11 bits per heavy atom. The van der Waals surface area contributed by atoms with Gasteiger partial charge in [0.2, 0.25) is 5.88 Å². The van der Waals surface area contributed by atoms with Crippen LogP contribution in [0.25, 0.3) is 21.8 Å². The fraction of sp³-hybridized carbons (Fsp3) is 0.280. The number of fused-ring (bicyclic) bond motifs is 3. The summed E-state index contributed by atoms with van der Waals surface area (Å²) in [6, 6.07) is 11.3. The van der Waals surface area contributed by atoms with Crippen LogP contribution in [-0.4, -0.2) is 35.8 Å². The van der Waals surface area contributed by atoms with Crippen molar-refractivity contribution < 1.29 is 22.9 Å². The summed E-state index contributed by atoms with van der Waals surface area (Å²) in [5.74, 6) is -0.0501. The number of hydrogen-bond donors (Lipinski definition) is 3. The molecule has 1 saturated carbocycles. The topological polar surface area (TPSA) is 170 Å². The van der Waals surface area contributed by atoms with E-state index in [1.807, 2.05) is 0 Å². The highest BCUT2D eigenvalue weighted by Crippen LogP contribution is 2.33. The first-order chi connectivity index (χ1) is 17.7. The van der Waals surface area contributed by atoms with E-state index in [2.05, 4.69) is 14.7 Å². The van der Waals surface area contributed by atoms with Crippen molar-refractivity contribution in [2.24, 2.45) is 11.7 Å². The van der Waals surface area contributed by atoms with Crippen LogP contribution < -0.4 is 15.2 Å². The number of nitrogens with zero attached hydrogens (tertiary/aromatic N) is 2. The minimum Gasteiger partial charge on any atom is -0.477 e. The van der Waals surface area contributed by atoms with E-state index < -0.39 is 20.9 Å². The third-order valence-electron chi connectivity index (χ3n) is 6.60. The quantitative estimate of drug-likeness (QED) is 0.226. The summed E-state index contributed by atoms with van der Waals surface area (Å²) in [6.45, 7) is 0.484. The number of carbonyl (C=O) groups is 1. The largest absolute Gasteiger partial charge is 0.477 e. The normalized spacial score (nSPS) is 14.6. The number of pyridine rings is 1. The molecule has 0 unspecified atom stereocenters. The Hall–Kier alpha value is -4.19. The molecule has 1 fully saturated rings. The minimum atomic E-state index is -4.02. The van der Waals surface area contributed by atoms with Crippen molar-refractivity contribution in [3.05, 3.63) is 64.3 Å². The Morgan fingerprint density at radius 2 is 1.84 bits per heavy atom. The van der Waals surface area contributed by atoms with E-state index in [4.69, 9.17) is 10.5 Å². The molecule has 0 atom stereocenters. The molecular weight excluding hydrogens is 498 g/mol. The molecule has 1 amide bonds. The number of carbonyl (C=O) groups excluding carboxylic acids is 1.